The van der Waals surface area contributed by atoms with E-state index < -0.39 is 0 Å². The fourth-order valence-corrected chi connectivity index (χ4v) is 1.13. The second kappa shape index (κ2) is 3.92. The number of nitrogens with one attached hydrogen (secondary N) is 1. The van der Waals surface area contributed by atoms with Crippen LogP contribution in [-0.4, -0.2) is 23.4 Å². The van der Waals surface area contributed by atoms with Crippen LogP contribution in [0.4, 0.5) is 0 Å². The van der Waals surface area contributed by atoms with E-state index >= 15 is 0 Å². The summed E-state index contributed by atoms with van der Waals surface area (Å²) in [5.74, 6) is 0. The molecule has 0 bridgehead atoms. The number of aromatic nitrogens is 2. The van der Waals surface area contributed by atoms with Gasteiger partial charge in [-0.2, -0.15) is 5.10 Å². The van der Waals surface area contributed by atoms with E-state index in [0.29, 0.717) is 0 Å². The summed E-state index contributed by atoms with van der Waals surface area (Å²) in [4.78, 5) is 0. The van der Waals surface area contributed by atoms with Crippen LogP contribution < -0.4 is 5.32 Å². The van der Waals surface area contributed by atoms with Crippen LogP contribution in [0.25, 0.3) is 0 Å². The lowest BCUT2D eigenvalue weighted by molar-refractivity contribution is 0.584. The molecule has 0 spiro atoms. The fraction of sp³-hybridized carbons (Fsp3) is 0.500. The first kappa shape index (κ1) is 8.00. The Morgan fingerprint density at radius 1 is 1.80 bits per heavy atom. The molecule has 0 radical (unpaired) electrons. The maximum Gasteiger partial charge on any atom is 0.0623 e. The molecule has 0 unspecified atom stereocenters. The van der Waals surface area contributed by atoms with Crippen LogP contribution >= 0.6 is 22.6 Å². The number of halogens is 1. The molecular formula is C6H10IN3. The third-order valence-electron chi connectivity index (χ3n) is 1.19. The van der Waals surface area contributed by atoms with Crippen molar-refractivity contribution in [3.05, 3.63) is 16.0 Å². The molecule has 1 aromatic heterocycles. The average Bonchev–Trinajstić information content (AvgIpc) is 2.31. The molecular weight excluding hydrogens is 241 g/mol. The Bertz CT molecular complexity index is 197. The maximum atomic E-state index is 4.12. The Morgan fingerprint density at radius 3 is 3.10 bits per heavy atom. The molecule has 0 saturated heterocycles. The molecule has 0 saturated carbocycles. The standard InChI is InChI=1S/C6H10IN3/c1-8-2-3-10-5-6(7)4-9-10/h4-5,8H,2-3H2,1H3. The Morgan fingerprint density at radius 2 is 2.60 bits per heavy atom. The van der Waals surface area contributed by atoms with Crippen LogP contribution in [0.1, 0.15) is 0 Å². The second-order valence-corrected chi connectivity index (χ2v) is 3.27. The van der Waals surface area contributed by atoms with Crippen LogP contribution in [0, 0.1) is 3.57 Å². The van der Waals surface area contributed by atoms with Crippen LogP contribution in [0.3, 0.4) is 0 Å². The number of hydrogen-bond donors (Lipinski definition) is 1. The van der Waals surface area contributed by atoms with Crippen LogP contribution in [0.15, 0.2) is 12.4 Å². The van der Waals surface area contributed by atoms with Crippen molar-refractivity contribution < 1.29 is 0 Å². The maximum absolute atomic E-state index is 4.12. The molecule has 1 heterocycles. The van der Waals surface area contributed by atoms with Crippen molar-refractivity contribution in [1.29, 1.82) is 0 Å². The van der Waals surface area contributed by atoms with Crippen molar-refractivity contribution in [3.63, 3.8) is 0 Å². The van der Waals surface area contributed by atoms with E-state index in [2.05, 4.69) is 33.0 Å². The molecule has 0 fully saturated rings. The third-order valence-corrected chi connectivity index (χ3v) is 1.75. The lowest BCUT2D eigenvalue weighted by Gasteiger charge is -1.97. The van der Waals surface area contributed by atoms with Gasteiger partial charge in [-0.25, -0.2) is 0 Å². The molecule has 0 atom stereocenters. The summed E-state index contributed by atoms with van der Waals surface area (Å²) in [5.41, 5.74) is 0. The smallest absolute Gasteiger partial charge is 0.0623 e. The number of nitrogens with zero attached hydrogens (tertiary/aromatic N) is 2. The van der Waals surface area contributed by atoms with Gasteiger partial charge < -0.3 is 5.32 Å². The topological polar surface area (TPSA) is 29.9 Å². The first-order valence-corrected chi connectivity index (χ1v) is 4.23. The van der Waals surface area contributed by atoms with Crippen LogP contribution in [0.2, 0.25) is 0 Å². The zero-order valence-electron chi connectivity index (χ0n) is 5.84. The molecule has 1 aromatic rings. The van der Waals surface area contributed by atoms with Crippen molar-refractivity contribution in [1.82, 2.24) is 15.1 Å². The van der Waals surface area contributed by atoms with E-state index in [4.69, 9.17) is 0 Å². The molecule has 3 nitrogen and oxygen atoms in total. The molecule has 0 aliphatic rings. The molecule has 0 aliphatic carbocycles. The van der Waals surface area contributed by atoms with Crippen molar-refractivity contribution in [2.45, 2.75) is 6.54 Å². The summed E-state index contributed by atoms with van der Waals surface area (Å²) < 4.78 is 3.12. The van der Waals surface area contributed by atoms with E-state index in [0.717, 1.165) is 13.1 Å². The Balaban J connectivity index is 2.42. The highest BCUT2D eigenvalue weighted by atomic mass is 127. The zero-order valence-corrected chi connectivity index (χ0v) is 8.00. The van der Waals surface area contributed by atoms with Gasteiger partial charge in [0.05, 0.1) is 16.3 Å². The van der Waals surface area contributed by atoms with E-state index in [-0.39, 0.29) is 0 Å². The highest BCUT2D eigenvalue weighted by molar-refractivity contribution is 14.1. The van der Waals surface area contributed by atoms with E-state index in [1.54, 1.807) is 0 Å². The third kappa shape index (κ3) is 2.26. The van der Waals surface area contributed by atoms with Gasteiger partial charge in [-0.05, 0) is 29.6 Å². The van der Waals surface area contributed by atoms with Crippen molar-refractivity contribution >= 4 is 22.6 Å². The van der Waals surface area contributed by atoms with Crippen LogP contribution in [-0.2, 0) is 6.54 Å². The van der Waals surface area contributed by atoms with Gasteiger partial charge in [0.15, 0.2) is 0 Å². The lowest BCUT2D eigenvalue weighted by atomic mass is 10.6. The minimum Gasteiger partial charge on any atom is -0.318 e. The summed E-state index contributed by atoms with van der Waals surface area (Å²) in [6.07, 6.45) is 3.88. The molecule has 10 heavy (non-hydrogen) atoms. The first-order valence-electron chi connectivity index (χ1n) is 3.15. The Kier molecular flexibility index (Phi) is 3.14. The summed E-state index contributed by atoms with van der Waals surface area (Å²) >= 11 is 2.25. The summed E-state index contributed by atoms with van der Waals surface area (Å²) in [5, 5.41) is 7.18. The van der Waals surface area contributed by atoms with Gasteiger partial charge in [0, 0.05) is 12.7 Å². The average molecular weight is 251 g/mol. The van der Waals surface area contributed by atoms with E-state index in [1.165, 1.54) is 3.57 Å². The zero-order chi connectivity index (χ0) is 7.40. The van der Waals surface area contributed by atoms with Crippen molar-refractivity contribution in [2.75, 3.05) is 13.6 Å². The molecule has 56 valence electrons. The predicted octanol–water partition coefficient (Wildman–Crippen LogP) is 0.707. The number of rotatable bonds is 3. The van der Waals surface area contributed by atoms with Gasteiger partial charge in [-0.15, -0.1) is 0 Å². The Hall–Kier alpha value is -0.100. The minimum absolute atomic E-state index is 0.944. The molecule has 4 heteroatoms. The normalized spacial score (nSPS) is 10.2. The highest BCUT2D eigenvalue weighted by Gasteiger charge is 1.91. The molecule has 0 aliphatic heterocycles. The first-order chi connectivity index (χ1) is 4.83. The minimum atomic E-state index is 0.944. The van der Waals surface area contributed by atoms with Gasteiger partial charge >= 0.3 is 0 Å². The van der Waals surface area contributed by atoms with Crippen molar-refractivity contribution in [3.8, 4) is 0 Å². The second-order valence-electron chi connectivity index (χ2n) is 2.03. The molecule has 0 amide bonds. The molecule has 1 N–H and O–H groups in total. The molecule has 1 rings (SSSR count). The highest BCUT2D eigenvalue weighted by Crippen LogP contribution is 1.99. The number of likely N-dealkylation sites (N-methyl/N-ethyl adjacent to an activating group) is 1. The van der Waals surface area contributed by atoms with E-state index in [9.17, 15) is 0 Å². The largest absolute Gasteiger partial charge is 0.318 e. The van der Waals surface area contributed by atoms with Gasteiger partial charge in [-0.3, -0.25) is 4.68 Å². The van der Waals surface area contributed by atoms with E-state index in [1.807, 2.05) is 24.1 Å². The molecule has 0 aromatic carbocycles. The number of hydrogen-bond acceptors (Lipinski definition) is 2. The predicted molar refractivity (Wildman–Crippen MR) is 48.9 cm³/mol. The van der Waals surface area contributed by atoms with Crippen LogP contribution in [0.5, 0.6) is 0 Å². The van der Waals surface area contributed by atoms with Gasteiger partial charge in [0.1, 0.15) is 0 Å². The lowest BCUT2D eigenvalue weighted by Crippen LogP contribution is -2.14. The van der Waals surface area contributed by atoms with Crippen molar-refractivity contribution in [2.24, 2.45) is 0 Å². The Labute approximate surface area is 73.9 Å². The van der Waals surface area contributed by atoms with Gasteiger partial charge in [0.2, 0.25) is 0 Å². The van der Waals surface area contributed by atoms with Gasteiger partial charge in [-0.1, -0.05) is 0 Å². The monoisotopic (exact) mass is 251 g/mol. The summed E-state index contributed by atoms with van der Waals surface area (Å²) in [6.45, 7) is 1.91. The SMILES string of the molecule is CNCCn1cc(I)cn1. The summed E-state index contributed by atoms with van der Waals surface area (Å²) in [7, 11) is 1.94. The fourth-order valence-electron chi connectivity index (χ4n) is 0.687. The summed E-state index contributed by atoms with van der Waals surface area (Å²) in [6, 6.07) is 0. The quantitative estimate of drug-likeness (QED) is 0.802. The van der Waals surface area contributed by atoms with Gasteiger partial charge in [0.25, 0.3) is 0 Å².